The third-order valence-electron chi connectivity index (χ3n) is 2.44. The number of halogens is 2. The van der Waals surface area contributed by atoms with Crippen molar-refractivity contribution in [2.45, 2.75) is 12.8 Å². The van der Waals surface area contributed by atoms with Crippen LogP contribution in [0.4, 0.5) is 8.78 Å². The van der Waals surface area contributed by atoms with Crippen molar-refractivity contribution in [3.05, 3.63) is 41.6 Å². The summed E-state index contributed by atoms with van der Waals surface area (Å²) in [5.41, 5.74) is 0.866. The Morgan fingerprint density at radius 1 is 1.31 bits per heavy atom. The zero-order valence-electron chi connectivity index (χ0n) is 8.74. The van der Waals surface area contributed by atoms with Crippen molar-refractivity contribution < 1.29 is 13.9 Å². The van der Waals surface area contributed by atoms with Gasteiger partial charge in [-0.3, -0.25) is 4.98 Å². The molecule has 1 aromatic carbocycles. The first-order valence-corrected chi connectivity index (χ1v) is 4.90. The summed E-state index contributed by atoms with van der Waals surface area (Å²) in [5.74, 6) is -3.23. The zero-order chi connectivity index (χ0) is 11.8. The fourth-order valence-electron chi connectivity index (χ4n) is 1.70. The van der Waals surface area contributed by atoms with E-state index in [2.05, 4.69) is 4.98 Å². The van der Waals surface area contributed by atoms with Crippen LogP contribution < -0.4 is 0 Å². The van der Waals surface area contributed by atoms with Crippen molar-refractivity contribution in [1.29, 1.82) is 0 Å². The molecule has 84 valence electrons. The fourth-order valence-corrected chi connectivity index (χ4v) is 1.70. The molecule has 0 bridgehead atoms. The Balaban J connectivity index is 2.77. The number of pyridine rings is 1. The monoisotopic (exact) mass is 223 g/mol. The summed E-state index contributed by atoms with van der Waals surface area (Å²) in [6.45, 7) is 0.462. The SMILES string of the molecule is Cc1cc(C(F)(F)CO)c2ccccc2n1. The molecule has 0 amide bonds. The average Bonchev–Trinajstić information content (AvgIpc) is 2.28. The van der Waals surface area contributed by atoms with Crippen LogP contribution in [-0.4, -0.2) is 16.7 Å². The van der Waals surface area contributed by atoms with Gasteiger partial charge in [-0.15, -0.1) is 0 Å². The van der Waals surface area contributed by atoms with E-state index in [9.17, 15) is 8.78 Å². The van der Waals surface area contributed by atoms with Gasteiger partial charge < -0.3 is 5.11 Å². The first-order valence-electron chi connectivity index (χ1n) is 4.90. The van der Waals surface area contributed by atoms with Gasteiger partial charge in [-0.25, -0.2) is 0 Å². The van der Waals surface area contributed by atoms with Crippen LogP contribution in [0, 0.1) is 6.92 Å². The summed E-state index contributed by atoms with van der Waals surface area (Å²) in [6, 6.07) is 8.00. The maximum atomic E-state index is 13.5. The summed E-state index contributed by atoms with van der Waals surface area (Å²) in [7, 11) is 0. The molecule has 0 aliphatic rings. The van der Waals surface area contributed by atoms with Crippen LogP contribution >= 0.6 is 0 Å². The number of para-hydroxylation sites is 1. The lowest BCUT2D eigenvalue weighted by molar-refractivity contribution is -0.0544. The lowest BCUT2D eigenvalue weighted by Crippen LogP contribution is -2.19. The molecular weight excluding hydrogens is 212 g/mol. The Morgan fingerprint density at radius 3 is 2.69 bits per heavy atom. The second-order valence-corrected chi connectivity index (χ2v) is 3.69. The highest BCUT2D eigenvalue weighted by molar-refractivity contribution is 5.83. The minimum atomic E-state index is -3.23. The number of aliphatic hydroxyl groups excluding tert-OH is 1. The number of hydrogen-bond acceptors (Lipinski definition) is 2. The zero-order valence-corrected chi connectivity index (χ0v) is 8.74. The molecule has 4 heteroatoms. The molecule has 1 aromatic heterocycles. The van der Waals surface area contributed by atoms with Crippen molar-refractivity contribution in [2.75, 3.05) is 6.61 Å². The predicted molar refractivity (Wildman–Crippen MR) is 57.5 cm³/mol. The predicted octanol–water partition coefficient (Wildman–Crippen LogP) is 2.63. The topological polar surface area (TPSA) is 33.1 Å². The number of aliphatic hydroxyl groups is 1. The molecule has 0 atom stereocenters. The first-order chi connectivity index (χ1) is 7.54. The van der Waals surface area contributed by atoms with E-state index in [1.807, 2.05) is 0 Å². The van der Waals surface area contributed by atoms with E-state index in [0.29, 0.717) is 16.6 Å². The van der Waals surface area contributed by atoms with E-state index in [-0.39, 0.29) is 5.56 Å². The first kappa shape index (κ1) is 11.0. The van der Waals surface area contributed by atoms with E-state index >= 15 is 0 Å². The van der Waals surface area contributed by atoms with Crippen molar-refractivity contribution in [3.8, 4) is 0 Å². The Hall–Kier alpha value is -1.55. The van der Waals surface area contributed by atoms with Gasteiger partial charge in [-0.05, 0) is 19.1 Å². The number of hydrogen-bond donors (Lipinski definition) is 1. The minimum absolute atomic E-state index is 0.168. The van der Waals surface area contributed by atoms with E-state index in [1.54, 1.807) is 31.2 Å². The van der Waals surface area contributed by atoms with Crippen LogP contribution in [-0.2, 0) is 5.92 Å². The standard InChI is InChI=1S/C12H11F2NO/c1-8-6-10(12(13,14)7-16)9-4-2-3-5-11(9)15-8/h2-6,16H,7H2,1H3. The van der Waals surface area contributed by atoms with Gasteiger partial charge in [-0.1, -0.05) is 18.2 Å². The van der Waals surface area contributed by atoms with Crippen molar-refractivity contribution in [1.82, 2.24) is 4.98 Å². The molecule has 0 saturated carbocycles. The number of alkyl halides is 2. The Morgan fingerprint density at radius 2 is 2.00 bits per heavy atom. The minimum Gasteiger partial charge on any atom is -0.390 e. The lowest BCUT2D eigenvalue weighted by Gasteiger charge is -2.16. The number of benzene rings is 1. The second-order valence-electron chi connectivity index (χ2n) is 3.69. The average molecular weight is 223 g/mol. The molecule has 0 aliphatic heterocycles. The van der Waals surface area contributed by atoms with Gasteiger partial charge in [0.1, 0.15) is 6.61 Å². The molecule has 16 heavy (non-hydrogen) atoms. The molecule has 0 aliphatic carbocycles. The molecule has 2 rings (SSSR count). The second kappa shape index (κ2) is 3.79. The Labute approximate surface area is 91.6 Å². The summed E-state index contributed by atoms with van der Waals surface area (Å²) < 4.78 is 27.0. The molecule has 0 spiro atoms. The third kappa shape index (κ3) is 1.76. The lowest BCUT2D eigenvalue weighted by atomic mass is 10.0. The smallest absolute Gasteiger partial charge is 0.296 e. The molecule has 2 aromatic rings. The van der Waals surface area contributed by atoms with Crippen LogP contribution in [0.1, 0.15) is 11.3 Å². The van der Waals surface area contributed by atoms with E-state index in [0.717, 1.165) is 0 Å². The van der Waals surface area contributed by atoms with E-state index in [1.165, 1.54) is 6.07 Å². The Kier molecular flexibility index (Phi) is 2.59. The molecule has 0 fully saturated rings. The van der Waals surface area contributed by atoms with Crippen LogP contribution in [0.3, 0.4) is 0 Å². The molecule has 0 unspecified atom stereocenters. The van der Waals surface area contributed by atoms with Crippen molar-refractivity contribution in [2.24, 2.45) is 0 Å². The van der Waals surface area contributed by atoms with Gasteiger partial charge in [0, 0.05) is 16.6 Å². The Bertz CT molecular complexity index is 525. The van der Waals surface area contributed by atoms with Crippen LogP contribution in [0.5, 0.6) is 0 Å². The number of aromatic nitrogens is 1. The third-order valence-corrected chi connectivity index (χ3v) is 2.44. The summed E-state index contributed by atoms with van der Waals surface area (Å²) >= 11 is 0. The summed E-state index contributed by atoms with van der Waals surface area (Å²) in [6.07, 6.45) is 0. The highest BCUT2D eigenvalue weighted by atomic mass is 19.3. The summed E-state index contributed by atoms with van der Waals surface area (Å²) in [4.78, 5) is 4.17. The summed E-state index contributed by atoms with van der Waals surface area (Å²) in [5, 5.41) is 9.11. The normalized spacial score (nSPS) is 12.0. The molecule has 1 heterocycles. The van der Waals surface area contributed by atoms with Gasteiger partial charge >= 0.3 is 0 Å². The highest BCUT2D eigenvalue weighted by Crippen LogP contribution is 2.32. The number of nitrogens with zero attached hydrogens (tertiary/aromatic N) is 1. The highest BCUT2D eigenvalue weighted by Gasteiger charge is 2.32. The van der Waals surface area contributed by atoms with Gasteiger partial charge in [-0.2, -0.15) is 8.78 Å². The van der Waals surface area contributed by atoms with Gasteiger partial charge in [0.15, 0.2) is 0 Å². The molecule has 0 radical (unpaired) electrons. The number of rotatable bonds is 2. The van der Waals surface area contributed by atoms with Crippen LogP contribution in [0.2, 0.25) is 0 Å². The largest absolute Gasteiger partial charge is 0.390 e. The maximum Gasteiger partial charge on any atom is 0.296 e. The molecule has 1 N–H and O–H groups in total. The van der Waals surface area contributed by atoms with E-state index < -0.39 is 12.5 Å². The van der Waals surface area contributed by atoms with Gasteiger partial charge in [0.25, 0.3) is 5.92 Å². The fraction of sp³-hybridized carbons (Fsp3) is 0.250. The number of aryl methyl sites for hydroxylation is 1. The van der Waals surface area contributed by atoms with Crippen molar-refractivity contribution >= 4 is 10.9 Å². The molecule has 2 nitrogen and oxygen atoms in total. The van der Waals surface area contributed by atoms with Gasteiger partial charge in [0.2, 0.25) is 0 Å². The number of fused-ring (bicyclic) bond motifs is 1. The quantitative estimate of drug-likeness (QED) is 0.848. The van der Waals surface area contributed by atoms with E-state index in [4.69, 9.17) is 5.11 Å². The van der Waals surface area contributed by atoms with Crippen molar-refractivity contribution in [3.63, 3.8) is 0 Å². The molecule has 0 saturated heterocycles. The van der Waals surface area contributed by atoms with Crippen LogP contribution in [0.25, 0.3) is 10.9 Å². The molecular formula is C12H11F2NO. The maximum absolute atomic E-state index is 13.5. The van der Waals surface area contributed by atoms with Crippen LogP contribution in [0.15, 0.2) is 30.3 Å². The van der Waals surface area contributed by atoms with Gasteiger partial charge in [0.05, 0.1) is 5.52 Å².